The topological polar surface area (TPSA) is 70.7 Å². The van der Waals surface area contributed by atoms with E-state index in [1.807, 2.05) is 36.4 Å². The minimum Gasteiger partial charge on any atom is -0.383 e. The van der Waals surface area contributed by atoms with Crippen LogP contribution in [0.25, 0.3) is 0 Å². The van der Waals surface area contributed by atoms with Gasteiger partial charge in [0.25, 0.3) is 0 Å². The second-order valence-electron chi connectivity index (χ2n) is 6.34. The van der Waals surface area contributed by atoms with Crippen LogP contribution in [-0.2, 0) is 27.3 Å². The number of nitrogens with one attached hydrogen (secondary N) is 2. The fraction of sp³-hybridized carbons (Fsp3) is 0.300. The molecule has 7 heteroatoms. The van der Waals surface area contributed by atoms with Gasteiger partial charge in [0.05, 0.1) is 26.1 Å². The maximum atomic E-state index is 12.3. The van der Waals surface area contributed by atoms with Gasteiger partial charge >= 0.3 is 0 Å². The number of hydrogen-bond acceptors (Lipinski definition) is 4. The van der Waals surface area contributed by atoms with Crippen LogP contribution >= 0.6 is 11.6 Å². The van der Waals surface area contributed by atoms with Gasteiger partial charge in [0.2, 0.25) is 11.8 Å². The number of halogens is 1. The van der Waals surface area contributed by atoms with E-state index in [-0.39, 0.29) is 18.4 Å². The van der Waals surface area contributed by atoms with Gasteiger partial charge in [-0.25, -0.2) is 0 Å². The van der Waals surface area contributed by atoms with Crippen molar-refractivity contribution in [2.75, 3.05) is 37.0 Å². The number of rotatable bonds is 8. The van der Waals surface area contributed by atoms with E-state index >= 15 is 0 Å². The molecule has 2 aromatic carbocycles. The van der Waals surface area contributed by atoms with Gasteiger partial charge in [-0.2, -0.15) is 0 Å². The summed E-state index contributed by atoms with van der Waals surface area (Å²) in [6.45, 7) is 1.88. The Morgan fingerprint density at radius 3 is 2.74 bits per heavy atom. The number of hydrogen-bond donors (Lipinski definition) is 2. The van der Waals surface area contributed by atoms with Gasteiger partial charge in [-0.15, -0.1) is 0 Å². The molecule has 0 aliphatic carbocycles. The third-order valence-electron chi connectivity index (χ3n) is 4.33. The quantitative estimate of drug-likeness (QED) is 0.683. The molecule has 0 saturated heterocycles. The van der Waals surface area contributed by atoms with Gasteiger partial charge in [-0.05, 0) is 35.4 Å². The molecule has 0 bridgehead atoms. The monoisotopic (exact) mass is 387 g/mol. The second-order valence-corrected chi connectivity index (χ2v) is 6.78. The Hall–Kier alpha value is -2.41. The van der Waals surface area contributed by atoms with Crippen LogP contribution in [0, 0.1) is 0 Å². The van der Waals surface area contributed by atoms with Gasteiger partial charge in [0.15, 0.2) is 0 Å². The number of nitrogens with zero attached hydrogens (tertiary/aromatic N) is 1. The molecule has 0 spiro atoms. The first-order valence-electron chi connectivity index (χ1n) is 8.74. The van der Waals surface area contributed by atoms with E-state index in [2.05, 4.69) is 10.6 Å². The van der Waals surface area contributed by atoms with E-state index < -0.39 is 0 Å². The van der Waals surface area contributed by atoms with Crippen LogP contribution in [-0.4, -0.2) is 38.6 Å². The molecular formula is C20H22ClN3O3. The summed E-state index contributed by atoms with van der Waals surface area (Å²) in [7, 11) is 1.62. The molecule has 2 aromatic rings. The molecule has 0 unspecified atom stereocenters. The second kappa shape index (κ2) is 8.99. The number of fused-ring (bicyclic) bond motifs is 1. The average Bonchev–Trinajstić information content (AvgIpc) is 2.95. The van der Waals surface area contributed by atoms with Crippen molar-refractivity contribution < 1.29 is 14.3 Å². The number of anilines is 2. The third kappa shape index (κ3) is 5.07. The lowest BCUT2D eigenvalue weighted by atomic mass is 10.1. The summed E-state index contributed by atoms with van der Waals surface area (Å²) in [5.41, 5.74) is 3.56. The molecule has 6 nitrogen and oxygen atoms in total. The predicted molar refractivity (Wildman–Crippen MR) is 106 cm³/mol. The lowest BCUT2D eigenvalue weighted by Gasteiger charge is -2.18. The molecule has 2 N–H and O–H groups in total. The number of carbonyl (C=O) groups excluding carboxylic acids is 2. The number of carbonyl (C=O) groups is 2. The number of methoxy groups -OCH3 is 1. The first-order valence-corrected chi connectivity index (χ1v) is 9.12. The van der Waals surface area contributed by atoms with Crippen LogP contribution in [0.3, 0.4) is 0 Å². The zero-order valence-electron chi connectivity index (χ0n) is 15.1. The number of amides is 2. The molecule has 3 rings (SSSR count). The van der Waals surface area contributed by atoms with Crippen LogP contribution < -0.4 is 15.5 Å². The van der Waals surface area contributed by atoms with E-state index in [9.17, 15) is 9.59 Å². The molecule has 1 aliphatic rings. The summed E-state index contributed by atoms with van der Waals surface area (Å²) < 4.78 is 4.92. The number of benzene rings is 2. The molecular weight excluding hydrogens is 366 g/mol. The Bertz CT molecular complexity index is 824. The fourth-order valence-corrected chi connectivity index (χ4v) is 3.13. The van der Waals surface area contributed by atoms with E-state index in [1.165, 1.54) is 0 Å². The fourth-order valence-electron chi connectivity index (χ4n) is 2.96. The summed E-state index contributed by atoms with van der Waals surface area (Å²) in [6, 6.07) is 13.0. The van der Waals surface area contributed by atoms with E-state index in [0.29, 0.717) is 36.8 Å². The highest BCUT2D eigenvalue weighted by atomic mass is 35.5. The molecule has 0 atom stereocenters. The number of ether oxygens (including phenoxy) is 1. The molecule has 0 aromatic heterocycles. The summed E-state index contributed by atoms with van der Waals surface area (Å²) in [5, 5.41) is 6.44. The predicted octanol–water partition coefficient (Wildman–Crippen LogP) is 2.60. The first-order chi connectivity index (χ1) is 13.1. The highest BCUT2D eigenvalue weighted by Crippen LogP contribution is 2.32. The summed E-state index contributed by atoms with van der Waals surface area (Å²) in [4.78, 5) is 25.9. The molecule has 1 aliphatic heterocycles. The molecule has 142 valence electrons. The molecule has 1 heterocycles. The zero-order valence-corrected chi connectivity index (χ0v) is 15.9. The maximum Gasteiger partial charge on any atom is 0.238 e. The molecule has 0 radical (unpaired) electrons. The van der Waals surface area contributed by atoms with Crippen molar-refractivity contribution in [2.45, 2.75) is 13.0 Å². The molecule has 0 saturated carbocycles. The van der Waals surface area contributed by atoms with Crippen molar-refractivity contribution in [3.8, 4) is 0 Å². The Kier molecular flexibility index (Phi) is 6.45. The molecule has 27 heavy (non-hydrogen) atoms. The smallest absolute Gasteiger partial charge is 0.238 e. The Labute approximate surface area is 163 Å². The van der Waals surface area contributed by atoms with Gasteiger partial charge < -0.3 is 20.3 Å². The van der Waals surface area contributed by atoms with Crippen LogP contribution in [0.15, 0.2) is 42.5 Å². The van der Waals surface area contributed by atoms with Crippen molar-refractivity contribution in [1.82, 2.24) is 5.32 Å². The highest BCUT2D eigenvalue weighted by molar-refractivity contribution is 6.31. The largest absolute Gasteiger partial charge is 0.383 e. The zero-order chi connectivity index (χ0) is 19.2. The lowest BCUT2D eigenvalue weighted by Crippen LogP contribution is -2.30. The summed E-state index contributed by atoms with van der Waals surface area (Å²) >= 11 is 6.07. The van der Waals surface area contributed by atoms with Gasteiger partial charge in [0.1, 0.15) is 0 Å². The first kappa shape index (κ1) is 19.4. The van der Waals surface area contributed by atoms with E-state index in [4.69, 9.17) is 16.3 Å². The van der Waals surface area contributed by atoms with Crippen molar-refractivity contribution in [3.63, 3.8) is 0 Å². The van der Waals surface area contributed by atoms with Gasteiger partial charge in [-0.3, -0.25) is 9.59 Å². The normalized spacial score (nSPS) is 13.0. The highest BCUT2D eigenvalue weighted by Gasteiger charge is 2.27. The SMILES string of the molecule is COCCNCC(=O)Nc1ccc(CN2C(=O)Cc3ccc(Cl)cc32)cc1. The van der Waals surface area contributed by atoms with Crippen molar-refractivity contribution in [1.29, 1.82) is 0 Å². The minimum atomic E-state index is -0.114. The van der Waals surface area contributed by atoms with E-state index in [1.54, 1.807) is 18.1 Å². The van der Waals surface area contributed by atoms with Crippen LogP contribution in [0.2, 0.25) is 5.02 Å². The van der Waals surface area contributed by atoms with Crippen molar-refractivity contribution in [2.24, 2.45) is 0 Å². The van der Waals surface area contributed by atoms with Gasteiger partial charge in [-0.1, -0.05) is 29.8 Å². The third-order valence-corrected chi connectivity index (χ3v) is 4.56. The van der Waals surface area contributed by atoms with Crippen LogP contribution in [0.5, 0.6) is 0 Å². The minimum absolute atomic E-state index is 0.0618. The van der Waals surface area contributed by atoms with Gasteiger partial charge in [0, 0.05) is 30.1 Å². The summed E-state index contributed by atoms with van der Waals surface area (Å²) in [5.74, 6) is -0.0519. The van der Waals surface area contributed by atoms with Crippen molar-refractivity contribution >= 4 is 34.8 Å². The van der Waals surface area contributed by atoms with Crippen LogP contribution in [0.4, 0.5) is 11.4 Å². The maximum absolute atomic E-state index is 12.3. The average molecular weight is 388 g/mol. The standard InChI is InChI=1S/C20H22ClN3O3/c1-27-9-8-22-12-19(25)23-17-6-2-14(3-7-17)13-24-18-11-16(21)5-4-15(18)10-20(24)26/h2-7,11,22H,8-10,12-13H2,1H3,(H,23,25). The Morgan fingerprint density at radius 2 is 2.00 bits per heavy atom. The Morgan fingerprint density at radius 1 is 1.22 bits per heavy atom. The molecule has 2 amide bonds. The van der Waals surface area contributed by atoms with Crippen molar-refractivity contribution in [3.05, 3.63) is 58.6 Å². The molecule has 0 fully saturated rings. The lowest BCUT2D eigenvalue weighted by molar-refractivity contribution is -0.117. The Balaban J connectivity index is 1.58. The van der Waals surface area contributed by atoms with Crippen LogP contribution in [0.1, 0.15) is 11.1 Å². The summed E-state index contributed by atoms with van der Waals surface area (Å²) in [6.07, 6.45) is 0.400. The van der Waals surface area contributed by atoms with E-state index in [0.717, 1.165) is 16.8 Å².